The molecule has 4 nitrogen and oxygen atoms in total. The van der Waals surface area contributed by atoms with Crippen LogP contribution >= 0.6 is 0 Å². The summed E-state index contributed by atoms with van der Waals surface area (Å²) in [5, 5.41) is 0. The number of fused-ring (bicyclic) bond motifs is 1. The lowest BCUT2D eigenvalue weighted by atomic mass is 10.0. The van der Waals surface area contributed by atoms with Crippen LogP contribution in [0.25, 0.3) is 0 Å². The van der Waals surface area contributed by atoms with Crippen LogP contribution in [0.2, 0.25) is 0 Å². The van der Waals surface area contributed by atoms with Crippen molar-refractivity contribution in [3.63, 3.8) is 0 Å². The Balaban J connectivity index is 1.55. The molecule has 4 rings (SSSR count). The summed E-state index contributed by atoms with van der Waals surface area (Å²) in [6, 6.07) is 26.1. The molecule has 3 aromatic carbocycles. The highest BCUT2D eigenvalue weighted by Gasteiger charge is 2.24. The molecule has 0 aromatic heterocycles. The summed E-state index contributed by atoms with van der Waals surface area (Å²) in [6.07, 6.45) is 1.83. The molecule has 1 aliphatic rings. The average molecular weight is 402 g/mol. The van der Waals surface area contributed by atoms with Gasteiger partial charge in [0.2, 0.25) is 0 Å². The van der Waals surface area contributed by atoms with E-state index in [1.54, 1.807) is 6.07 Å². The van der Waals surface area contributed by atoms with Gasteiger partial charge in [-0.25, -0.2) is 0 Å². The minimum atomic E-state index is 0.0105. The average Bonchev–Trinajstić information content (AvgIpc) is 2.81. The van der Waals surface area contributed by atoms with Gasteiger partial charge in [0.1, 0.15) is 13.2 Å². The normalized spacial score (nSPS) is 13.5. The van der Waals surface area contributed by atoms with E-state index in [1.807, 2.05) is 41.3 Å². The summed E-state index contributed by atoms with van der Waals surface area (Å²) in [7, 11) is 0. The molecule has 1 amide bonds. The van der Waals surface area contributed by atoms with Crippen LogP contribution in [-0.2, 0) is 13.0 Å². The first-order chi connectivity index (χ1) is 14.7. The summed E-state index contributed by atoms with van der Waals surface area (Å²) < 4.78 is 11.3. The number of carbonyl (C=O) groups is 1. The van der Waals surface area contributed by atoms with Crippen molar-refractivity contribution in [2.75, 3.05) is 13.2 Å². The highest BCUT2D eigenvalue weighted by atomic mass is 16.6. The fourth-order valence-electron chi connectivity index (χ4n) is 3.73. The van der Waals surface area contributed by atoms with Gasteiger partial charge in [-0.3, -0.25) is 4.79 Å². The van der Waals surface area contributed by atoms with Crippen molar-refractivity contribution < 1.29 is 14.3 Å². The van der Waals surface area contributed by atoms with E-state index in [4.69, 9.17) is 9.47 Å². The van der Waals surface area contributed by atoms with Crippen molar-refractivity contribution in [3.8, 4) is 11.5 Å². The monoisotopic (exact) mass is 401 g/mol. The van der Waals surface area contributed by atoms with Gasteiger partial charge in [-0.05, 0) is 49.1 Å². The van der Waals surface area contributed by atoms with Crippen LogP contribution in [0.3, 0.4) is 0 Å². The van der Waals surface area contributed by atoms with Crippen LogP contribution in [0.5, 0.6) is 11.5 Å². The molecule has 0 saturated heterocycles. The maximum absolute atomic E-state index is 13.5. The molecule has 0 N–H and O–H groups in total. The van der Waals surface area contributed by atoms with Gasteiger partial charge in [0.15, 0.2) is 11.5 Å². The second kappa shape index (κ2) is 9.49. The third kappa shape index (κ3) is 4.82. The number of rotatable bonds is 7. The topological polar surface area (TPSA) is 38.8 Å². The van der Waals surface area contributed by atoms with E-state index in [9.17, 15) is 4.79 Å². The molecule has 0 aliphatic carbocycles. The Morgan fingerprint density at radius 2 is 1.50 bits per heavy atom. The highest BCUT2D eigenvalue weighted by Crippen LogP contribution is 2.31. The Morgan fingerprint density at radius 3 is 2.20 bits per heavy atom. The molecule has 0 spiro atoms. The van der Waals surface area contributed by atoms with E-state index < -0.39 is 0 Å². The lowest BCUT2D eigenvalue weighted by molar-refractivity contribution is 0.0666. The number of benzene rings is 3. The molecule has 0 bridgehead atoms. The van der Waals surface area contributed by atoms with Gasteiger partial charge in [-0.1, -0.05) is 60.7 Å². The number of nitrogens with zero attached hydrogens (tertiary/aromatic N) is 1. The number of carbonyl (C=O) groups excluding carboxylic acids is 1. The Bertz CT molecular complexity index is 972. The molecular formula is C26H27NO3. The summed E-state index contributed by atoms with van der Waals surface area (Å²) in [6.45, 7) is 3.74. The zero-order chi connectivity index (χ0) is 20.8. The van der Waals surface area contributed by atoms with Crippen LogP contribution in [-0.4, -0.2) is 30.1 Å². The van der Waals surface area contributed by atoms with Crippen LogP contribution in [0.4, 0.5) is 0 Å². The summed E-state index contributed by atoms with van der Waals surface area (Å²) in [5.41, 5.74) is 3.03. The zero-order valence-electron chi connectivity index (χ0n) is 17.3. The Hall–Kier alpha value is -3.27. The molecule has 3 aromatic rings. The molecule has 30 heavy (non-hydrogen) atoms. The predicted molar refractivity (Wildman–Crippen MR) is 118 cm³/mol. The fourth-order valence-corrected chi connectivity index (χ4v) is 3.73. The number of aryl methyl sites for hydroxylation is 1. The van der Waals surface area contributed by atoms with Gasteiger partial charge < -0.3 is 14.4 Å². The van der Waals surface area contributed by atoms with E-state index >= 15 is 0 Å². The van der Waals surface area contributed by atoms with Gasteiger partial charge in [0.25, 0.3) is 5.91 Å². The summed E-state index contributed by atoms with van der Waals surface area (Å²) >= 11 is 0. The van der Waals surface area contributed by atoms with Gasteiger partial charge in [-0.2, -0.15) is 0 Å². The molecule has 0 saturated carbocycles. The number of hydrogen-bond donors (Lipinski definition) is 0. The number of ether oxygens (including phenoxy) is 2. The third-order valence-electron chi connectivity index (χ3n) is 5.47. The predicted octanol–water partition coefficient (Wildman–Crippen LogP) is 5.12. The lowest BCUT2D eigenvalue weighted by Crippen LogP contribution is -2.38. The van der Waals surface area contributed by atoms with E-state index in [-0.39, 0.29) is 11.9 Å². The molecule has 154 valence electrons. The fraction of sp³-hybridized carbons (Fsp3) is 0.269. The van der Waals surface area contributed by atoms with Crippen LogP contribution in [0, 0.1) is 0 Å². The number of hydrogen-bond acceptors (Lipinski definition) is 3. The largest absolute Gasteiger partial charge is 0.486 e. The standard InChI is InChI=1S/C26H27NO3/c1-20(12-13-21-8-4-2-5-9-21)27(19-22-10-6-3-7-11-22)26(28)23-14-15-24-25(18-23)30-17-16-29-24/h2-11,14-15,18,20H,12-13,16-17,19H2,1H3/t20-/m1/s1. The molecule has 4 heteroatoms. The second-order valence-corrected chi connectivity index (χ2v) is 7.65. The van der Waals surface area contributed by atoms with Crippen molar-refractivity contribution in [3.05, 3.63) is 95.6 Å². The van der Waals surface area contributed by atoms with Gasteiger partial charge >= 0.3 is 0 Å². The van der Waals surface area contributed by atoms with Crippen molar-refractivity contribution in [2.24, 2.45) is 0 Å². The highest BCUT2D eigenvalue weighted by molar-refractivity contribution is 5.95. The molecule has 0 radical (unpaired) electrons. The van der Waals surface area contributed by atoms with Crippen molar-refractivity contribution in [2.45, 2.75) is 32.4 Å². The molecule has 1 heterocycles. The van der Waals surface area contributed by atoms with E-state index in [0.717, 1.165) is 18.4 Å². The maximum atomic E-state index is 13.5. The molecule has 1 atom stereocenters. The quantitative estimate of drug-likeness (QED) is 0.551. The smallest absolute Gasteiger partial charge is 0.254 e. The Kier molecular flexibility index (Phi) is 6.33. The molecule has 0 fully saturated rings. The van der Waals surface area contributed by atoms with E-state index in [0.29, 0.717) is 36.8 Å². The minimum Gasteiger partial charge on any atom is -0.486 e. The van der Waals surface area contributed by atoms with Gasteiger partial charge in [-0.15, -0.1) is 0 Å². The number of amides is 1. The van der Waals surface area contributed by atoms with Crippen molar-refractivity contribution in [1.29, 1.82) is 0 Å². The molecule has 1 aliphatic heterocycles. The zero-order valence-corrected chi connectivity index (χ0v) is 17.3. The van der Waals surface area contributed by atoms with Crippen LogP contribution in [0.15, 0.2) is 78.9 Å². The van der Waals surface area contributed by atoms with E-state index in [2.05, 4.69) is 43.3 Å². The first-order valence-corrected chi connectivity index (χ1v) is 10.5. The van der Waals surface area contributed by atoms with Crippen molar-refractivity contribution >= 4 is 5.91 Å². The van der Waals surface area contributed by atoms with Gasteiger partial charge in [0, 0.05) is 18.2 Å². The lowest BCUT2D eigenvalue weighted by Gasteiger charge is -2.30. The first-order valence-electron chi connectivity index (χ1n) is 10.5. The Labute approximate surface area is 178 Å². The SMILES string of the molecule is C[C@H](CCc1ccccc1)N(Cc1ccccc1)C(=O)c1ccc2c(c1)OCCO2. The van der Waals surface area contributed by atoms with Crippen molar-refractivity contribution in [1.82, 2.24) is 4.90 Å². The first kappa shape index (κ1) is 20.0. The van der Waals surface area contributed by atoms with E-state index in [1.165, 1.54) is 5.56 Å². The second-order valence-electron chi connectivity index (χ2n) is 7.65. The Morgan fingerprint density at radius 1 is 0.867 bits per heavy atom. The van der Waals surface area contributed by atoms with Crippen LogP contribution in [0.1, 0.15) is 34.8 Å². The summed E-state index contributed by atoms with van der Waals surface area (Å²) in [5.74, 6) is 1.35. The maximum Gasteiger partial charge on any atom is 0.254 e. The molecule has 0 unspecified atom stereocenters. The summed E-state index contributed by atoms with van der Waals surface area (Å²) in [4.78, 5) is 15.5. The van der Waals surface area contributed by atoms with Gasteiger partial charge in [0.05, 0.1) is 0 Å². The van der Waals surface area contributed by atoms with Crippen LogP contribution < -0.4 is 9.47 Å². The third-order valence-corrected chi connectivity index (χ3v) is 5.47. The molecular weight excluding hydrogens is 374 g/mol. The minimum absolute atomic E-state index is 0.0105.